The summed E-state index contributed by atoms with van der Waals surface area (Å²) < 4.78 is 13.4. The highest BCUT2D eigenvalue weighted by atomic mass is 35.5. The van der Waals surface area contributed by atoms with Gasteiger partial charge < -0.3 is 19.7 Å². The summed E-state index contributed by atoms with van der Waals surface area (Å²) in [6.45, 7) is 3.68. The van der Waals surface area contributed by atoms with Gasteiger partial charge in [-0.1, -0.05) is 115 Å². The normalized spacial score (nSPS) is 21.1. The number of ether oxygens (including phenoxy) is 2. The van der Waals surface area contributed by atoms with Crippen LogP contribution in [0.15, 0.2) is 96.3 Å². The number of ketones is 1. The Hall–Kier alpha value is -4.23. The van der Waals surface area contributed by atoms with Gasteiger partial charge in [0.25, 0.3) is 0 Å². The molecule has 0 fully saturated rings. The van der Waals surface area contributed by atoms with Crippen LogP contribution in [0.2, 0.25) is 15.1 Å². The van der Waals surface area contributed by atoms with Gasteiger partial charge in [0.05, 0.1) is 32.1 Å². The van der Waals surface area contributed by atoms with Crippen molar-refractivity contribution in [1.29, 1.82) is 0 Å². The predicted octanol–water partition coefficient (Wildman–Crippen LogP) is 9.73. The molecule has 0 aromatic heterocycles. The molecule has 2 aliphatic heterocycles. The number of fused-ring (bicyclic) bond motifs is 6. The average Bonchev–Trinajstić information content (AvgIpc) is 3.33. The smallest absolute Gasteiger partial charge is 0.339 e. The van der Waals surface area contributed by atoms with Crippen LogP contribution < -0.4 is 4.74 Å². The van der Waals surface area contributed by atoms with E-state index < -0.39 is 23.6 Å². The summed E-state index contributed by atoms with van der Waals surface area (Å²) >= 11 is 19.8. The van der Waals surface area contributed by atoms with Crippen LogP contribution in [0.5, 0.6) is 11.5 Å². The second-order valence-corrected chi connectivity index (χ2v) is 13.5. The van der Waals surface area contributed by atoms with Crippen LogP contribution in [0.3, 0.4) is 0 Å². The van der Waals surface area contributed by atoms with Gasteiger partial charge in [-0.3, -0.25) is 4.79 Å². The van der Waals surface area contributed by atoms with Gasteiger partial charge in [0, 0.05) is 29.0 Å². The van der Waals surface area contributed by atoms with Gasteiger partial charge in [-0.05, 0) is 41.3 Å². The summed E-state index contributed by atoms with van der Waals surface area (Å²) in [5.41, 5.74) is 2.06. The summed E-state index contributed by atoms with van der Waals surface area (Å²) in [5, 5.41) is 23.8. The summed E-state index contributed by atoms with van der Waals surface area (Å²) in [7, 11) is 0. The number of benzene rings is 4. The number of aliphatic hydroxyl groups is 1. The molecule has 4 aromatic rings. The number of aliphatic hydroxyl groups excluding tert-OH is 1. The number of carbonyl (C=O) groups excluding carboxylic acids is 2. The summed E-state index contributed by atoms with van der Waals surface area (Å²) in [6, 6.07) is 23.1. The van der Waals surface area contributed by atoms with Gasteiger partial charge in [0.1, 0.15) is 29.1 Å². The molecule has 3 aliphatic rings. The topological polar surface area (TPSA) is 93.1 Å². The third-order valence-corrected chi connectivity index (χ3v) is 10.2. The van der Waals surface area contributed by atoms with E-state index in [0.717, 1.165) is 0 Å². The highest BCUT2D eigenvalue weighted by Crippen LogP contribution is 2.62. The Morgan fingerprint density at radius 3 is 2.15 bits per heavy atom. The lowest BCUT2D eigenvalue weighted by Gasteiger charge is -2.48. The Balaban J connectivity index is 1.57. The zero-order valence-electron chi connectivity index (χ0n) is 25.4. The predicted molar refractivity (Wildman–Crippen MR) is 182 cm³/mol. The molecular weight excluding hydrogens is 659 g/mol. The molecule has 6 nitrogen and oxygen atoms in total. The maximum Gasteiger partial charge on any atom is 0.339 e. The number of esters is 1. The molecule has 4 aromatic carbocycles. The molecule has 0 radical (unpaired) electrons. The van der Waals surface area contributed by atoms with Gasteiger partial charge in [0.15, 0.2) is 5.60 Å². The first-order chi connectivity index (χ1) is 22.5. The molecule has 9 heteroatoms. The summed E-state index contributed by atoms with van der Waals surface area (Å²) in [6.07, 6.45) is 1.36. The summed E-state index contributed by atoms with van der Waals surface area (Å²) in [5.74, 6) is -1.51. The fourth-order valence-electron chi connectivity index (χ4n) is 6.93. The lowest BCUT2D eigenvalue weighted by atomic mass is 9.66. The van der Waals surface area contributed by atoms with Crippen LogP contribution in [-0.4, -0.2) is 28.1 Å². The number of Topliss-reactive ketones (excluding diaryl/α,β-unsaturated/α-hetero) is 1. The molecule has 0 saturated carbocycles. The monoisotopic (exact) mass is 686 g/mol. The van der Waals surface area contributed by atoms with Crippen molar-refractivity contribution in [2.24, 2.45) is 11.8 Å². The van der Waals surface area contributed by atoms with Crippen LogP contribution in [-0.2, 0) is 15.1 Å². The van der Waals surface area contributed by atoms with E-state index in [1.807, 2.05) is 80.6 Å². The molecule has 47 heavy (non-hydrogen) atoms. The van der Waals surface area contributed by atoms with E-state index in [4.69, 9.17) is 44.3 Å². The molecule has 0 bridgehead atoms. The first-order valence-electron chi connectivity index (χ1n) is 15.3. The van der Waals surface area contributed by atoms with Crippen molar-refractivity contribution in [3.05, 3.63) is 134 Å². The zero-order chi connectivity index (χ0) is 33.2. The number of halogens is 3. The highest BCUT2D eigenvalue weighted by Gasteiger charge is 2.61. The second kappa shape index (κ2) is 11.8. The van der Waals surface area contributed by atoms with Crippen LogP contribution in [0.1, 0.15) is 53.7 Å². The number of hydrogen-bond acceptors (Lipinski definition) is 6. The van der Waals surface area contributed by atoms with Crippen molar-refractivity contribution in [3.63, 3.8) is 0 Å². The standard InChI is InChI=1S/C38H29Cl3O6/c1-19(2)30(42)14-13-22-15-25-35(31(33(22)43)20-9-5-3-6-10-20)46-36-26(18-29(41)34(44)32(36)21-11-7-4-8-12-21)38(25)24-17-28(40)27(39)16-23(24)37(45)47-38/h3-12,15-19,25,35,43-44H,13-14H2,1-2H3. The second-order valence-electron chi connectivity index (χ2n) is 12.3. The molecular formula is C38H29Cl3O6. The number of phenols is 1. The molecule has 7 rings (SSSR count). The Kier molecular flexibility index (Phi) is 7.86. The maximum atomic E-state index is 13.8. The molecule has 0 amide bonds. The molecule has 238 valence electrons. The van der Waals surface area contributed by atoms with E-state index >= 15 is 0 Å². The SMILES string of the molecule is CC(C)C(=O)CCC1=CC2C(Oc3c(cc(Cl)c(O)c3-c3ccccc3)C23OC(=O)c2cc(Cl)c(Cl)cc23)C(c2ccccc2)=C1O. The van der Waals surface area contributed by atoms with Crippen molar-refractivity contribution in [2.45, 2.75) is 38.4 Å². The van der Waals surface area contributed by atoms with Crippen LogP contribution in [0.25, 0.3) is 16.7 Å². The molecule has 1 spiro atoms. The number of allylic oxidation sites excluding steroid dienone is 1. The van der Waals surface area contributed by atoms with Crippen LogP contribution in [0, 0.1) is 11.8 Å². The zero-order valence-corrected chi connectivity index (χ0v) is 27.7. The van der Waals surface area contributed by atoms with E-state index in [0.29, 0.717) is 39.0 Å². The van der Waals surface area contributed by atoms with Gasteiger partial charge in [-0.2, -0.15) is 0 Å². The first-order valence-corrected chi connectivity index (χ1v) is 16.4. The maximum absolute atomic E-state index is 13.8. The number of carbonyl (C=O) groups is 2. The fraction of sp³-hybridized carbons (Fsp3) is 0.211. The summed E-state index contributed by atoms with van der Waals surface area (Å²) in [4.78, 5) is 26.6. The lowest BCUT2D eigenvalue weighted by Crippen LogP contribution is -2.50. The van der Waals surface area contributed by atoms with E-state index in [1.165, 1.54) is 6.07 Å². The molecule has 3 atom stereocenters. The number of hydrogen-bond donors (Lipinski definition) is 2. The number of aromatic hydroxyl groups is 1. The first kappa shape index (κ1) is 31.4. The molecule has 2 heterocycles. The van der Waals surface area contributed by atoms with Crippen LogP contribution in [0.4, 0.5) is 0 Å². The van der Waals surface area contributed by atoms with E-state index in [9.17, 15) is 19.8 Å². The highest BCUT2D eigenvalue weighted by molar-refractivity contribution is 6.42. The third-order valence-electron chi connectivity index (χ3n) is 9.24. The minimum absolute atomic E-state index is 0.0225. The lowest BCUT2D eigenvalue weighted by molar-refractivity contribution is -0.121. The average molecular weight is 688 g/mol. The Morgan fingerprint density at radius 1 is 0.872 bits per heavy atom. The van der Waals surface area contributed by atoms with E-state index in [2.05, 4.69) is 0 Å². The third kappa shape index (κ3) is 4.93. The minimum Gasteiger partial charge on any atom is -0.507 e. The minimum atomic E-state index is -1.58. The van der Waals surface area contributed by atoms with Crippen LogP contribution >= 0.6 is 34.8 Å². The van der Waals surface area contributed by atoms with E-state index in [-0.39, 0.29) is 62.4 Å². The van der Waals surface area contributed by atoms with Gasteiger partial charge in [-0.15, -0.1) is 0 Å². The molecule has 2 N–H and O–H groups in total. The quantitative estimate of drug-likeness (QED) is 0.196. The molecule has 3 unspecified atom stereocenters. The van der Waals surface area contributed by atoms with Crippen molar-refractivity contribution >= 4 is 52.1 Å². The fourth-order valence-corrected chi connectivity index (χ4v) is 7.46. The van der Waals surface area contributed by atoms with Crippen molar-refractivity contribution < 1.29 is 29.3 Å². The Labute approximate surface area is 286 Å². The Morgan fingerprint density at radius 2 is 1.49 bits per heavy atom. The van der Waals surface area contributed by atoms with Crippen molar-refractivity contribution in [2.75, 3.05) is 0 Å². The largest absolute Gasteiger partial charge is 0.507 e. The number of rotatable bonds is 6. The van der Waals surface area contributed by atoms with Gasteiger partial charge in [0.2, 0.25) is 0 Å². The van der Waals surface area contributed by atoms with Crippen molar-refractivity contribution in [3.8, 4) is 22.6 Å². The Bertz CT molecular complexity index is 2020. The van der Waals surface area contributed by atoms with Gasteiger partial charge in [-0.25, -0.2) is 4.79 Å². The number of phenolic OH excluding ortho intramolecular Hbond substituents is 1. The van der Waals surface area contributed by atoms with Gasteiger partial charge >= 0.3 is 5.97 Å². The molecule has 1 aliphatic carbocycles. The van der Waals surface area contributed by atoms with Crippen molar-refractivity contribution in [1.82, 2.24) is 0 Å². The van der Waals surface area contributed by atoms with E-state index in [1.54, 1.807) is 12.1 Å². The molecule has 0 saturated heterocycles.